The van der Waals surface area contributed by atoms with Gasteiger partial charge in [0.15, 0.2) is 0 Å². The van der Waals surface area contributed by atoms with Crippen LogP contribution in [0, 0.1) is 0 Å². The van der Waals surface area contributed by atoms with Gasteiger partial charge in [0.1, 0.15) is 6.61 Å². The van der Waals surface area contributed by atoms with Crippen molar-refractivity contribution in [1.29, 1.82) is 0 Å². The number of hydrogen-bond donors (Lipinski definition) is 1. The average molecular weight is 246 g/mol. The molecule has 0 radical (unpaired) electrons. The first kappa shape index (κ1) is 13.9. The maximum absolute atomic E-state index is 11.8. The standard InChI is InChI=1S/C10H18N2O5/c1-16-6-3-11(2-5-13)8-9(14)12-4-7-17-10(12)15/h13H,2-8H2,1H3. The summed E-state index contributed by atoms with van der Waals surface area (Å²) in [5.74, 6) is -0.308. The first-order valence-corrected chi connectivity index (χ1v) is 5.48. The molecule has 0 aromatic carbocycles. The van der Waals surface area contributed by atoms with Crippen LogP contribution in [-0.4, -0.2) is 80.0 Å². The lowest BCUT2D eigenvalue weighted by Crippen LogP contribution is -2.42. The van der Waals surface area contributed by atoms with E-state index in [1.165, 1.54) is 0 Å². The lowest BCUT2D eigenvalue weighted by molar-refractivity contribution is -0.129. The highest BCUT2D eigenvalue weighted by molar-refractivity contribution is 5.93. The Balaban J connectivity index is 2.42. The minimum Gasteiger partial charge on any atom is -0.447 e. The number of amides is 2. The van der Waals surface area contributed by atoms with Gasteiger partial charge in [-0.15, -0.1) is 0 Å². The maximum atomic E-state index is 11.8. The number of hydrogen-bond acceptors (Lipinski definition) is 6. The molecule has 1 fully saturated rings. The zero-order valence-electron chi connectivity index (χ0n) is 9.92. The van der Waals surface area contributed by atoms with Crippen LogP contribution in [0.4, 0.5) is 4.79 Å². The van der Waals surface area contributed by atoms with E-state index in [0.717, 1.165) is 4.90 Å². The zero-order chi connectivity index (χ0) is 12.7. The van der Waals surface area contributed by atoms with Gasteiger partial charge in [-0.3, -0.25) is 9.69 Å². The van der Waals surface area contributed by atoms with Crippen LogP contribution >= 0.6 is 0 Å². The summed E-state index contributed by atoms with van der Waals surface area (Å²) >= 11 is 0. The fourth-order valence-electron chi connectivity index (χ4n) is 1.53. The van der Waals surface area contributed by atoms with Crippen molar-refractivity contribution < 1.29 is 24.2 Å². The molecule has 0 spiro atoms. The third-order valence-corrected chi connectivity index (χ3v) is 2.45. The van der Waals surface area contributed by atoms with Crippen molar-refractivity contribution in [1.82, 2.24) is 9.80 Å². The highest BCUT2D eigenvalue weighted by Gasteiger charge is 2.29. The van der Waals surface area contributed by atoms with Crippen LogP contribution in [-0.2, 0) is 14.3 Å². The minimum atomic E-state index is -0.592. The zero-order valence-corrected chi connectivity index (χ0v) is 9.92. The van der Waals surface area contributed by atoms with Gasteiger partial charge in [0.2, 0.25) is 5.91 Å². The van der Waals surface area contributed by atoms with Gasteiger partial charge < -0.3 is 14.6 Å². The summed E-state index contributed by atoms with van der Waals surface area (Å²) in [6.45, 7) is 1.97. The van der Waals surface area contributed by atoms with E-state index in [4.69, 9.17) is 9.84 Å². The molecule has 1 aliphatic rings. The van der Waals surface area contributed by atoms with E-state index in [1.807, 2.05) is 0 Å². The van der Waals surface area contributed by atoms with Gasteiger partial charge in [-0.05, 0) is 0 Å². The van der Waals surface area contributed by atoms with Gasteiger partial charge in [0, 0.05) is 20.2 Å². The van der Waals surface area contributed by atoms with Crippen molar-refractivity contribution >= 4 is 12.0 Å². The Hall–Kier alpha value is -1.18. The lowest BCUT2D eigenvalue weighted by Gasteiger charge is -2.21. The second kappa shape index (κ2) is 7.21. The van der Waals surface area contributed by atoms with E-state index in [1.54, 1.807) is 12.0 Å². The highest BCUT2D eigenvalue weighted by Crippen LogP contribution is 2.04. The molecule has 0 aromatic heterocycles. The Kier molecular flexibility index (Phi) is 5.88. The van der Waals surface area contributed by atoms with Crippen molar-refractivity contribution in [3.63, 3.8) is 0 Å². The second-order valence-electron chi connectivity index (χ2n) is 3.65. The predicted octanol–water partition coefficient (Wildman–Crippen LogP) is -1.09. The lowest BCUT2D eigenvalue weighted by atomic mass is 10.4. The van der Waals surface area contributed by atoms with Crippen LogP contribution in [0.25, 0.3) is 0 Å². The first-order chi connectivity index (χ1) is 8.19. The SMILES string of the molecule is COCCN(CCO)CC(=O)N1CCOC1=O. The van der Waals surface area contributed by atoms with Crippen LogP contribution in [0.3, 0.4) is 0 Å². The normalized spacial score (nSPS) is 15.5. The number of aliphatic hydroxyl groups excluding tert-OH is 1. The topological polar surface area (TPSA) is 79.3 Å². The summed E-state index contributed by atoms with van der Waals surface area (Å²) in [7, 11) is 1.57. The molecule has 0 bridgehead atoms. The van der Waals surface area contributed by atoms with Gasteiger partial charge in [-0.25, -0.2) is 9.69 Å². The van der Waals surface area contributed by atoms with Crippen LogP contribution in [0.2, 0.25) is 0 Å². The Morgan fingerprint density at radius 3 is 2.88 bits per heavy atom. The summed E-state index contributed by atoms with van der Waals surface area (Å²) in [5, 5.41) is 8.87. The molecule has 1 saturated heterocycles. The maximum Gasteiger partial charge on any atom is 0.416 e. The number of cyclic esters (lactones) is 1. The van der Waals surface area contributed by atoms with Crippen molar-refractivity contribution in [2.24, 2.45) is 0 Å². The Bertz CT molecular complexity index is 271. The van der Waals surface area contributed by atoms with E-state index < -0.39 is 6.09 Å². The average Bonchev–Trinajstić information content (AvgIpc) is 2.72. The number of rotatable bonds is 7. The van der Waals surface area contributed by atoms with Crippen molar-refractivity contribution in [3.8, 4) is 0 Å². The molecule has 17 heavy (non-hydrogen) atoms. The monoisotopic (exact) mass is 246 g/mol. The molecule has 7 heteroatoms. The third-order valence-electron chi connectivity index (χ3n) is 2.45. The molecule has 1 N–H and O–H groups in total. The second-order valence-corrected chi connectivity index (χ2v) is 3.65. The molecule has 0 atom stereocenters. The molecule has 98 valence electrons. The predicted molar refractivity (Wildman–Crippen MR) is 58.5 cm³/mol. The number of nitrogens with zero attached hydrogens (tertiary/aromatic N) is 2. The Morgan fingerprint density at radius 2 is 2.35 bits per heavy atom. The molecule has 0 saturated carbocycles. The quantitative estimate of drug-likeness (QED) is 0.614. The van der Waals surface area contributed by atoms with Crippen molar-refractivity contribution in [2.45, 2.75) is 0 Å². The summed E-state index contributed by atoms with van der Waals surface area (Å²) in [4.78, 5) is 25.7. The van der Waals surface area contributed by atoms with Crippen LogP contribution in [0.15, 0.2) is 0 Å². The van der Waals surface area contributed by atoms with Gasteiger partial charge in [-0.2, -0.15) is 0 Å². The molecule has 2 amide bonds. The summed E-state index contributed by atoms with van der Waals surface area (Å²) in [6, 6.07) is 0. The number of ether oxygens (including phenoxy) is 2. The largest absolute Gasteiger partial charge is 0.447 e. The Labute approximate surface area is 99.9 Å². The molecule has 1 aliphatic heterocycles. The molecule has 7 nitrogen and oxygen atoms in total. The number of methoxy groups -OCH3 is 1. The fraction of sp³-hybridized carbons (Fsp3) is 0.800. The summed E-state index contributed by atoms with van der Waals surface area (Å²) < 4.78 is 9.59. The van der Waals surface area contributed by atoms with Crippen molar-refractivity contribution in [3.05, 3.63) is 0 Å². The minimum absolute atomic E-state index is 0.0402. The molecule has 0 aromatic rings. The fourth-order valence-corrected chi connectivity index (χ4v) is 1.53. The molecule has 0 aliphatic carbocycles. The number of carbonyl (C=O) groups is 2. The molecule has 1 rings (SSSR count). The molecule has 0 unspecified atom stereocenters. The van der Waals surface area contributed by atoms with Crippen LogP contribution < -0.4 is 0 Å². The van der Waals surface area contributed by atoms with Crippen LogP contribution in [0.1, 0.15) is 0 Å². The van der Waals surface area contributed by atoms with Gasteiger partial charge >= 0.3 is 6.09 Å². The van der Waals surface area contributed by atoms with E-state index in [-0.39, 0.29) is 25.7 Å². The van der Waals surface area contributed by atoms with E-state index in [2.05, 4.69) is 4.74 Å². The molecule has 1 heterocycles. The smallest absolute Gasteiger partial charge is 0.416 e. The first-order valence-electron chi connectivity index (χ1n) is 5.48. The number of carbonyl (C=O) groups excluding carboxylic acids is 2. The Morgan fingerprint density at radius 1 is 1.59 bits per heavy atom. The number of imide groups is 1. The van der Waals surface area contributed by atoms with Crippen molar-refractivity contribution in [2.75, 3.05) is 53.1 Å². The van der Waals surface area contributed by atoms with Crippen LogP contribution in [0.5, 0.6) is 0 Å². The number of aliphatic hydroxyl groups is 1. The summed E-state index contributed by atoms with van der Waals surface area (Å²) in [6.07, 6.45) is -0.592. The van der Waals surface area contributed by atoms with E-state index in [0.29, 0.717) is 26.2 Å². The third kappa shape index (κ3) is 4.29. The van der Waals surface area contributed by atoms with Gasteiger partial charge in [-0.1, -0.05) is 0 Å². The molecular weight excluding hydrogens is 228 g/mol. The van der Waals surface area contributed by atoms with E-state index in [9.17, 15) is 9.59 Å². The van der Waals surface area contributed by atoms with Gasteiger partial charge in [0.05, 0.1) is 26.3 Å². The van der Waals surface area contributed by atoms with Gasteiger partial charge in [0.25, 0.3) is 0 Å². The summed E-state index contributed by atoms with van der Waals surface area (Å²) in [5.41, 5.74) is 0. The highest BCUT2D eigenvalue weighted by atomic mass is 16.6. The molecular formula is C10H18N2O5. The van der Waals surface area contributed by atoms with E-state index >= 15 is 0 Å².